The number of benzene rings is 1. The first kappa shape index (κ1) is 10.4. The largest absolute Gasteiger partial charge is 0.398 e. The second kappa shape index (κ2) is 4.25. The Morgan fingerprint density at radius 1 is 1.11 bits per heavy atom. The molecule has 3 aromatic rings. The predicted octanol–water partition coefficient (Wildman–Crippen LogP) is 1.78. The quantitative estimate of drug-likeness (QED) is 0.685. The zero-order valence-corrected chi connectivity index (χ0v) is 9.32. The van der Waals surface area contributed by atoms with Gasteiger partial charge in [0.2, 0.25) is 5.82 Å². The van der Waals surface area contributed by atoms with Gasteiger partial charge >= 0.3 is 0 Å². The van der Waals surface area contributed by atoms with Crippen LogP contribution < -0.4 is 5.73 Å². The van der Waals surface area contributed by atoms with E-state index in [2.05, 4.69) is 20.1 Å². The lowest BCUT2D eigenvalue weighted by Gasteiger charge is -1.97. The Labute approximate surface area is 103 Å². The van der Waals surface area contributed by atoms with Gasteiger partial charge in [-0.15, -0.1) is 0 Å². The zero-order chi connectivity index (χ0) is 12.4. The van der Waals surface area contributed by atoms with Crippen molar-refractivity contribution in [1.82, 2.24) is 20.1 Å². The lowest BCUT2D eigenvalue weighted by molar-refractivity contribution is 0.431. The van der Waals surface area contributed by atoms with Crippen LogP contribution in [0, 0.1) is 0 Å². The van der Waals surface area contributed by atoms with Crippen molar-refractivity contribution in [3.63, 3.8) is 0 Å². The van der Waals surface area contributed by atoms with Crippen LogP contribution in [0.15, 0.2) is 47.4 Å². The van der Waals surface area contributed by atoms with Crippen LogP contribution in [-0.4, -0.2) is 20.1 Å². The highest BCUT2D eigenvalue weighted by atomic mass is 16.5. The summed E-state index contributed by atoms with van der Waals surface area (Å²) >= 11 is 0. The van der Waals surface area contributed by atoms with Gasteiger partial charge < -0.3 is 10.3 Å². The molecule has 88 valence electrons. The van der Waals surface area contributed by atoms with E-state index in [9.17, 15) is 0 Å². The minimum Gasteiger partial charge on any atom is -0.398 e. The van der Waals surface area contributed by atoms with Crippen molar-refractivity contribution in [2.45, 2.75) is 0 Å². The summed E-state index contributed by atoms with van der Waals surface area (Å²) in [5, 5.41) is 3.89. The molecule has 2 aromatic heterocycles. The van der Waals surface area contributed by atoms with Gasteiger partial charge in [0.15, 0.2) is 0 Å². The Morgan fingerprint density at radius 3 is 2.78 bits per heavy atom. The third kappa shape index (κ3) is 1.80. The molecular formula is C12H9N5O. The van der Waals surface area contributed by atoms with E-state index in [0.29, 0.717) is 23.1 Å². The molecule has 0 spiro atoms. The minimum absolute atomic E-state index is 0.321. The van der Waals surface area contributed by atoms with Crippen molar-refractivity contribution >= 4 is 5.69 Å². The molecule has 1 aromatic carbocycles. The van der Waals surface area contributed by atoms with Crippen molar-refractivity contribution in [2.75, 3.05) is 5.73 Å². The van der Waals surface area contributed by atoms with Gasteiger partial charge in [0.25, 0.3) is 5.89 Å². The molecule has 3 rings (SSSR count). The van der Waals surface area contributed by atoms with Gasteiger partial charge in [-0.2, -0.15) is 4.98 Å². The SMILES string of the molecule is Nc1ccccc1-c1noc(-c2cnccn2)n1. The average molecular weight is 239 g/mol. The second-order valence-electron chi connectivity index (χ2n) is 3.60. The summed E-state index contributed by atoms with van der Waals surface area (Å²) in [6.45, 7) is 0. The van der Waals surface area contributed by atoms with Gasteiger partial charge in [-0.25, -0.2) is 4.98 Å². The maximum Gasteiger partial charge on any atom is 0.278 e. The van der Waals surface area contributed by atoms with E-state index in [0.717, 1.165) is 5.56 Å². The number of rotatable bonds is 2. The fourth-order valence-electron chi connectivity index (χ4n) is 1.55. The van der Waals surface area contributed by atoms with Crippen LogP contribution >= 0.6 is 0 Å². The van der Waals surface area contributed by atoms with Crippen molar-refractivity contribution in [2.24, 2.45) is 0 Å². The molecule has 2 heterocycles. The number of anilines is 1. The van der Waals surface area contributed by atoms with E-state index in [-0.39, 0.29) is 0 Å². The fourth-order valence-corrected chi connectivity index (χ4v) is 1.55. The number of para-hydroxylation sites is 1. The van der Waals surface area contributed by atoms with Crippen molar-refractivity contribution < 1.29 is 4.52 Å². The topological polar surface area (TPSA) is 90.7 Å². The summed E-state index contributed by atoms with van der Waals surface area (Å²) in [4.78, 5) is 12.3. The Balaban J connectivity index is 2.03. The smallest absolute Gasteiger partial charge is 0.278 e. The molecule has 0 amide bonds. The third-order valence-electron chi connectivity index (χ3n) is 2.41. The molecule has 0 atom stereocenters. The monoisotopic (exact) mass is 239 g/mol. The van der Waals surface area contributed by atoms with Gasteiger partial charge in [0.05, 0.1) is 6.20 Å². The molecule has 2 N–H and O–H groups in total. The normalized spacial score (nSPS) is 10.4. The van der Waals surface area contributed by atoms with Crippen molar-refractivity contribution in [3.8, 4) is 23.0 Å². The fraction of sp³-hybridized carbons (Fsp3) is 0. The van der Waals surface area contributed by atoms with Crippen LogP contribution in [0.4, 0.5) is 5.69 Å². The molecule has 0 unspecified atom stereocenters. The number of aromatic nitrogens is 4. The van der Waals surface area contributed by atoms with Crippen molar-refractivity contribution in [3.05, 3.63) is 42.9 Å². The van der Waals surface area contributed by atoms with E-state index >= 15 is 0 Å². The molecule has 0 aliphatic rings. The zero-order valence-electron chi connectivity index (χ0n) is 9.32. The van der Waals surface area contributed by atoms with Crippen LogP contribution in [0.5, 0.6) is 0 Å². The number of hydrogen-bond acceptors (Lipinski definition) is 6. The van der Waals surface area contributed by atoms with Crippen LogP contribution in [0.25, 0.3) is 23.0 Å². The van der Waals surface area contributed by atoms with Gasteiger partial charge in [-0.05, 0) is 12.1 Å². The highest BCUT2D eigenvalue weighted by Crippen LogP contribution is 2.24. The van der Waals surface area contributed by atoms with E-state index in [1.54, 1.807) is 24.7 Å². The lowest BCUT2D eigenvalue weighted by atomic mass is 10.2. The number of nitrogen functional groups attached to an aromatic ring is 1. The first-order valence-electron chi connectivity index (χ1n) is 5.29. The van der Waals surface area contributed by atoms with Crippen LogP contribution in [0.1, 0.15) is 0 Å². The Kier molecular flexibility index (Phi) is 2.45. The van der Waals surface area contributed by atoms with E-state index in [1.807, 2.05) is 18.2 Å². The molecule has 0 fully saturated rings. The molecule has 0 bridgehead atoms. The molecule has 18 heavy (non-hydrogen) atoms. The maximum atomic E-state index is 5.85. The Morgan fingerprint density at radius 2 is 2.00 bits per heavy atom. The molecule has 6 nitrogen and oxygen atoms in total. The molecule has 0 radical (unpaired) electrons. The first-order valence-corrected chi connectivity index (χ1v) is 5.29. The third-order valence-corrected chi connectivity index (χ3v) is 2.41. The van der Waals surface area contributed by atoms with Gasteiger partial charge in [-0.3, -0.25) is 4.98 Å². The average Bonchev–Trinajstić information content (AvgIpc) is 2.90. The summed E-state index contributed by atoms with van der Waals surface area (Å²) in [7, 11) is 0. The van der Waals surface area contributed by atoms with Crippen LogP contribution in [0.3, 0.4) is 0 Å². The van der Waals surface area contributed by atoms with E-state index in [1.165, 1.54) is 0 Å². The van der Waals surface area contributed by atoms with E-state index in [4.69, 9.17) is 10.3 Å². The molecule has 0 saturated carbocycles. The maximum absolute atomic E-state index is 5.85. The Bertz CT molecular complexity index is 665. The summed E-state index contributed by atoms with van der Waals surface area (Å²) < 4.78 is 5.14. The van der Waals surface area contributed by atoms with Gasteiger partial charge in [-0.1, -0.05) is 17.3 Å². The minimum atomic E-state index is 0.321. The van der Waals surface area contributed by atoms with Crippen LogP contribution in [-0.2, 0) is 0 Å². The number of hydrogen-bond donors (Lipinski definition) is 1. The van der Waals surface area contributed by atoms with Crippen LogP contribution in [0.2, 0.25) is 0 Å². The number of nitrogens with zero attached hydrogens (tertiary/aromatic N) is 4. The molecular weight excluding hydrogens is 230 g/mol. The highest BCUT2D eigenvalue weighted by Gasteiger charge is 2.12. The van der Waals surface area contributed by atoms with Gasteiger partial charge in [0, 0.05) is 23.6 Å². The summed E-state index contributed by atoms with van der Waals surface area (Å²) in [6.07, 6.45) is 4.71. The van der Waals surface area contributed by atoms with Gasteiger partial charge in [0.1, 0.15) is 5.69 Å². The van der Waals surface area contributed by atoms with E-state index < -0.39 is 0 Å². The molecule has 0 saturated heterocycles. The first-order chi connectivity index (χ1) is 8.84. The summed E-state index contributed by atoms with van der Waals surface area (Å²) in [5.74, 6) is 0.759. The summed E-state index contributed by atoms with van der Waals surface area (Å²) in [6, 6.07) is 7.33. The summed E-state index contributed by atoms with van der Waals surface area (Å²) in [5.41, 5.74) is 7.72. The molecule has 0 aliphatic heterocycles. The second-order valence-corrected chi connectivity index (χ2v) is 3.60. The highest BCUT2D eigenvalue weighted by molar-refractivity contribution is 5.71. The molecule has 6 heteroatoms. The Hall–Kier alpha value is -2.76. The van der Waals surface area contributed by atoms with Crippen molar-refractivity contribution in [1.29, 1.82) is 0 Å². The standard InChI is InChI=1S/C12H9N5O/c13-9-4-2-1-3-8(9)11-16-12(18-17-11)10-7-14-5-6-15-10/h1-7H,13H2. The predicted molar refractivity (Wildman–Crippen MR) is 65.2 cm³/mol. The molecule has 0 aliphatic carbocycles. The lowest BCUT2D eigenvalue weighted by Crippen LogP contribution is -1.90. The number of nitrogens with two attached hydrogens (primary N) is 1.